The van der Waals surface area contributed by atoms with Crippen molar-refractivity contribution in [2.45, 2.75) is 26.7 Å². The van der Waals surface area contributed by atoms with Crippen LogP contribution in [-0.2, 0) is 6.42 Å². The van der Waals surface area contributed by atoms with Crippen LogP contribution in [0.25, 0.3) is 5.52 Å². The van der Waals surface area contributed by atoms with Gasteiger partial charge < -0.3 is 10.2 Å². The first-order valence-corrected chi connectivity index (χ1v) is 9.71. The van der Waals surface area contributed by atoms with E-state index in [4.69, 9.17) is 0 Å². The topological polar surface area (TPSA) is 66.7 Å². The quantitative estimate of drug-likeness (QED) is 0.743. The van der Waals surface area contributed by atoms with Crippen molar-refractivity contribution in [3.05, 3.63) is 65.7 Å². The Morgan fingerprint density at radius 2 is 1.93 bits per heavy atom. The number of amides is 2. The van der Waals surface area contributed by atoms with E-state index in [1.807, 2.05) is 42.5 Å². The lowest BCUT2D eigenvalue weighted by atomic mass is 10.1. The third kappa shape index (κ3) is 3.26. The molecule has 0 fully saturated rings. The first-order valence-electron chi connectivity index (χ1n) is 9.71. The van der Waals surface area contributed by atoms with Crippen LogP contribution in [0.3, 0.4) is 0 Å². The van der Waals surface area contributed by atoms with Crippen molar-refractivity contribution in [3.63, 3.8) is 0 Å². The number of para-hydroxylation sites is 1. The van der Waals surface area contributed by atoms with Crippen molar-refractivity contribution in [2.75, 3.05) is 18.0 Å². The molecule has 2 amide bonds. The molecule has 0 unspecified atom stereocenters. The molecule has 4 rings (SSSR count). The Labute approximate surface area is 164 Å². The fourth-order valence-corrected chi connectivity index (χ4v) is 3.59. The molecule has 0 saturated heterocycles. The lowest BCUT2D eigenvalue weighted by molar-refractivity contribution is 0.0941. The fourth-order valence-electron chi connectivity index (χ4n) is 3.59. The number of nitrogens with zero attached hydrogens (tertiary/aromatic N) is 3. The van der Waals surface area contributed by atoms with E-state index in [1.165, 1.54) is 0 Å². The van der Waals surface area contributed by atoms with Crippen LogP contribution in [-0.4, -0.2) is 34.3 Å². The average molecular weight is 376 g/mol. The second-order valence-corrected chi connectivity index (χ2v) is 7.51. The Hall–Kier alpha value is -3.15. The predicted octanol–water partition coefficient (Wildman–Crippen LogP) is 3.31. The van der Waals surface area contributed by atoms with Crippen molar-refractivity contribution < 1.29 is 9.59 Å². The van der Waals surface area contributed by atoms with E-state index in [-0.39, 0.29) is 17.6 Å². The van der Waals surface area contributed by atoms with Gasteiger partial charge in [0.15, 0.2) is 5.69 Å². The molecule has 1 aliphatic heterocycles. The molecular weight excluding hydrogens is 352 g/mol. The third-order valence-corrected chi connectivity index (χ3v) is 5.09. The first kappa shape index (κ1) is 18.2. The van der Waals surface area contributed by atoms with Crippen LogP contribution < -0.4 is 10.2 Å². The zero-order valence-electron chi connectivity index (χ0n) is 16.2. The van der Waals surface area contributed by atoms with Crippen molar-refractivity contribution in [1.82, 2.24) is 14.7 Å². The predicted molar refractivity (Wildman–Crippen MR) is 109 cm³/mol. The number of hydrogen-bond acceptors (Lipinski definition) is 3. The number of nitrogens with one attached hydrogen (secondary N) is 1. The molecule has 0 saturated carbocycles. The number of anilines is 1. The fraction of sp³-hybridized carbons (Fsp3) is 0.318. The molecule has 144 valence electrons. The largest absolute Gasteiger partial charge is 0.349 e. The summed E-state index contributed by atoms with van der Waals surface area (Å²) in [7, 11) is 0. The molecule has 0 atom stereocenters. The standard InChI is InChI=1S/C22H24N4O2/c1-15(2)10-12-23-21(27)20-24-19(18-9-5-6-13-25(18)20)22(28)26-14-11-16-7-3-4-8-17(16)26/h3-9,13,15H,10-12,14H2,1-2H3,(H,23,27). The molecule has 0 aliphatic carbocycles. The van der Waals surface area contributed by atoms with Gasteiger partial charge >= 0.3 is 0 Å². The summed E-state index contributed by atoms with van der Waals surface area (Å²) in [5, 5.41) is 2.91. The van der Waals surface area contributed by atoms with Crippen molar-refractivity contribution in [3.8, 4) is 0 Å². The molecule has 6 nitrogen and oxygen atoms in total. The minimum absolute atomic E-state index is 0.171. The van der Waals surface area contributed by atoms with Gasteiger partial charge in [0.25, 0.3) is 11.8 Å². The zero-order valence-corrected chi connectivity index (χ0v) is 16.2. The Balaban J connectivity index is 1.67. The highest BCUT2D eigenvalue weighted by atomic mass is 16.2. The number of carbonyl (C=O) groups is 2. The summed E-state index contributed by atoms with van der Waals surface area (Å²) in [5.74, 6) is 0.317. The highest BCUT2D eigenvalue weighted by Crippen LogP contribution is 2.29. The van der Waals surface area contributed by atoms with Crippen LogP contribution in [0.2, 0.25) is 0 Å². The van der Waals surface area contributed by atoms with Gasteiger partial charge in [-0.15, -0.1) is 0 Å². The van der Waals surface area contributed by atoms with E-state index < -0.39 is 0 Å². The number of pyridine rings is 1. The van der Waals surface area contributed by atoms with Gasteiger partial charge in [0.1, 0.15) is 0 Å². The van der Waals surface area contributed by atoms with E-state index >= 15 is 0 Å². The molecule has 0 spiro atoms. The van der Waals surface area contributed by atoms with Gasteiger partial charge in [-0.05, 0) is 42.5 Å². The maximum absolute atomic E-state index is 13.3. The highest BCUT2D eigenvalue weighted by Gasteiger charge is 2.29. The Kier molecular flexibility index (Phi) is 4.86. The van der Waals surface area contributed by atoms with E-state index in [1.54, 1.807) is 15.5 Å². The summed E-state index contributed by atoms with van der Waals surface area (Å²) in [6.45, 7) is 5.43. The Bertz CT molecular complexity index is 1040. The molecule has 6 heteroatoms. The Morgan fingerprint density at radius 3 is 2.75 bits per heavy atom. The molecule has 3 aromatic rings. The van der Waals surface area contributed by atoms with Gasteiger partial charge in [-0.3, -0.25) is 14.0 Å². The maximum Gasteiger partial charge on any atom is 0.287 e. The molecular formula is C22H24N4O2. The van der Waals surface area contributed by atoms with Crippen LogP contribution in [0.4, 0.5) is 5.69 Å². The maximum atomic E-state index is 13.3. The van der Waals surface area contributed by atoms with Crippen LogP contribution in [0.1, 0.15) is 46.9 Å². The summed E-state index contributed by atoms with van der Waals surface area (Å²) >= 11 is 0. The van der Waals surface area contributed by atoms with Crippen LogP contribution >= 0.6 is 0 Å². The van der Waals surface area contributed by atoms with E-state index in [0.717, 1.165) is 24.1 Å². The number of carbonyl (C=O) groups excluding carboxylic acids is 2. The van der Waals surface area contributed by atoms with Crippen molar-refractivity contribution in [1.29, 1.82) is 0 Å². The summed E-state index contributed by atoms with van der Waals surface area (Å²) < 4.78 is 1.69. The van der Waals surface area contributed by atoms with Gasteiger partial charge in [-0.2, -0.15) is 0 Å². The van der Waals surface area contributed by atoms with Gasteiger partial charge in [0, 0.05) is 25.0 Å². The van der Waals surface area contributed by atoms with Crippen molar-refractivity contribution >= 4 is 23.0 Å². The lowest BCUT2D eigenvalue weighted by Gasteiger charge is -2.16. The average Bonchev–Trinajstić information content (AvgIpc) is 3.29. The molecule has 1 aliphatic rings. The van der Waals surface area contributed by atoms with Gasteiger partial charge in [-0.25, -0.2) is 4.98 Å². The lowest BCUT2D eigenvalue weighted by Crippen LogP contribution is -2.30. The minimum atomic E-state index is -0.261. The molecule has 0 radical (unpaired) electrons. The second-order valence-electron chi connectivity index (χ2n) is 7.51. The monoisotopic (exact) mass is 376 g/mol. The van der Waals surface area contributed by atoms with Crippen molar-refractivity contribution in [2.24, 2.45) is 5.92 Å². The van der Waals surface area contributed by atoms with Crippen LogP contribution in [0, 0.1) is 5.92 Å². The summed E-state index contributed by atoms with van der Waals surface area (Å²) in [4.78, 5) is 32.2. The molecule has 28 heavy (non-hydrogen) atoms. The Morgan fingerprint density at radius 1 is 1.14 bits per heavy atom. The summed E-state index contributed by atoms with van der Waals surface area (Å²) in [6.07, 6.45) is 3.50. The SMILES string of the molecule is CC(C)CCNC(=O)c1nc(C(=O)N2CCc3ccccc32)c2ccccn12. The number of aromatic nitrogens is 2. The highest BCUT2D eigenvalue weighted by molar-refractivity contribution is 6.11. The van der Waals surface area contributed by atoms with Gasteiger partial charge in [0.05, 0.1) is 5.52 Å². The molecule has 1 N–H and O–H groups in total. The van der Waals surface area contributed by atoms with Crippen LogP contribution in [0.5, 0.6) is 0 Å². The minimum Gasteiger partial charge on any atom is -0.349 e. The zero-order chi connectivity index (χ0) is 19.7. The molecule has 1 aromatic carbocycles. The summed E-state index contributed by atoms with van der Waals surface area (Å²) in [6, 6.07) is 13.4. The van der Waals surface area contributed by atoms with E-state index in [2.05, 4.69) is 24.1 Å². The summed E-state index contributed by atoms with van der Waals surface area (Å²) in [5.41, 5.74) is 3.04. The third-order valence-electron chi connectivity index (χ3n) is 5.09. The first-order chi connectivity index (χ1) is 13.6. The van der Waals surface area contributed by atoms with E-state index in [9.17, 15) is 9.59 Å². The number of fused-ring (bicyclic) bond motifs is 2. The molecule has 0 bridgehead atoms. The normalized spacial score (nSPS) is 13.2. The number of imidazole rings is 1. The van der Waals surface area contributed by atoms with E-state index in [0.29, 0.717) is 30.2 Å². The molecule has 2 aromatic heterocycles. The second kappa shape index (κ2) is 7.46. The van der Waals surface area contributed by atoms with Crippen LogP contribution in [0.15, 0.2) is 48.7 Å². The number of benzene rings is 1. The van der Waals surface area contributed by atoms with Gasteiger partial charge in [0.2, 0.25) is 5.82 Å². The smallest absolute Gasteiger partial charge is 0.287 e. The molecule has 3 heterocycles. The van der Waals surface area contributed by atoms with Gasteiger partial charge in [-0.1, -0.05) is 38.1 Å². The number of hydrogen-bond donors (Lipinski definition) is 1. The number of rotatable bonds is 5.